The van der Waals surface area contributed by atoms with Crippen molar-refractivity contribution in [3.63, 3.8) is 0 Å². The van der Waals surface area contributed by atoms with Gasteiger partial charge in [-0.25, -0.2) is 17.8 Å². The van der Waals surface area contributed by atoms with Crippen LogP contribution in [0.2, 0.25) is 0 Å². The zero-order chi connectivity index (χ0) is 21.3. The molecule has 2 aromatic carbocycles. The Morgan fingerprint density at radius 1 is 1.10 bits per heavy atom. The molecule has 5 nitrogen and oxygen atoms in total. The molecule has 3 aromatic rings. The molecule has 1 aromatic heterocycles. The summed E-state index contributed by atoms with van der Waals surface area (Å²) in [6, 6.07) is 16.1. The van der Waals surface area contributed by atoms with Gasteiger partial charge in [0, 0.05) is 17.4 Å². The summed E-state index contributed by atoms with van der Waals surface area (Å²) < 4.78 is 42.8. The number of halogens is 1. The lowest BCUT2D eigenvalue weighted by molar-refractivity contribution is 0.288. The summed E-state index contributed by atoms with van der Waals surface area (Å²) in [4.78, 5) is 4.81. The first-order valence-electron chi connectivity index (χ1n) is 9.49. The zero-order valence-electron chi connectivity index (χ0n) is 16.3. The van der Waals surface area contributed by atoms with Crippen molar-refractivity contribution in [2.45, 2.75) is 17.7 Å². The van der Waals surface area contributed by atoms with Crippen LogP contribution in [-0.4, -0.2) is 26.3 Å². The van der Waals surface area contributed by atoms with Crippen LogP contribution in [0.5, 0.6) is 5.88 Å². The molecule has 4 rings (SSSR count). The molecule has 152 valence electrons. The third kappa shape index (κ3) is 4.34. The number of hydrogen-bond acceptors (Lipinski definition) is 5. The van der Waals surface area contributed by atoms with Gasteiger partial charge in [-0.1, -0.05) is 12.1 Å². The summed E-state index contributed by atoms with van der Waals surface area (Å²) in [5.41, 5.74) is 2.83. The number of sulfone groups is 1. The number of pyridine rings is 1. The summed E-state index contributed by atoms with van der Waals surface area (Å²) in [5.74, 6) is 0.382. The maximum atomic E-state index is 13.5. The molecule has 0 bridgehead atoms. The van der Waals surface area contributed by atoms with E-state index in [1.807, 2.05) is 0 Å². The largest absolute Gasteiger partial charge is 0.476 e. The first kappa shape index (κ1) is 20.0. The number of benzene rings is 2. The first-order chi connectivity index (χ1) is 14.3. The lowest BCUT2D eigenvalue weighted by Crippen LogP contribution is -2.04. The molecule has 1 aliphatic carbocycles. The molecule has 0 spiro atoms. The fraction of sp³-hybridized carbons (Fsp3) is 0.217. The van der Waals surface area contributed by atoms with Crippen molar-refractivity contribution in [1.82, 2.24) is 4.98 Å². The van der Waals surface area contributed by atoms with Crippen LogP contribution in [0.3, 0.4) is 0 Å². The van der Waals surface area contributed by atoms with Crippen LogP contribution in [0, 0.1) is 23.1 Å². The van der Waals surface area contributed by atoms with Crippen molar-refractivity contribution < 1.29 is 17.5 Å². The maximum Gasteiger partial charge on any atom is 0.232 e. The van der Waals surface area contributed by atoms with Crippen molar-refractivity contribution in [2.24, 2.45) is 5.92 Å². The molecule has 1 aliphatic rings. The number of nitriles is 1. The van der Waals surface area contributed by atoms with Crippen molar-refractivity contribution in [3.8, 4) is 34.3 Å². The second kappa shape index (κ2) is 7.88. The van der Waals surface area contributed by atoms with Crippen molar-refractivity contribution in [1.29, 1.82) is 5.26 Å². The standard InChI is InChI=1S/C23H19FN2O3S/c1-30(27,28)20-10-6-16(7-11-20)21-12-18(13-25)23(29-14-15-2-3-15)26-22(21)17-4-8-19(24)9-5-17/h4-12,15H,2-3,14H2,1H3. The van der Waals surface area contributed by atoms with Gasteiger partial charge in [-0.05, 0) is 66.8 Å². The monoisotopic (exact) mass is 422 g/mol. The number of ether oxygens (including phenoxy) is 1. The van der Waals surface area contributed by atoms with Gasteiger partial charge < -0.3 is 4.74 Å². The van der Waals surface area contributed by atoms with Crippen LogP contribution in [0.1, 0.15) is 18.4 Å². The Bertz CT molecular complexity index is 1230. The van der Waals surface area contributed by atoms with Gasteiger partial charge in [-0.2, -0.15) is 5.26 Å². The van der Waals surface area contributed by atoms with Crippen LogP contribution in [0.4, 0.5) is 4.39 Å². The lowest BCUT2D eigenvalue weighted by Gasteiger charge is -2.14. The van der Waals surface area contributed by atoms with E-state index in [-0.39, 0.29) is 16.6 Å². The maximum absolute atomic E-state index is 13.5. The Morgan fingerprint density at radius 3 is 2.30 bits per heavy atom. The second-order valence-corrected chi connectivity index (χ2v) is 9.42. The summed E-state index contributed by atoms with van der Waals surface area (Å²) in [7, 11) is -3.33. The third-order valence-corrected chi connectivity index (χ3v) is 6.10. The van der Waals surface area contributed by atoms with E-state index in [1.165, 1.54) is 24.3 Å². The molecule has 1 saturated carbocycles. The minimum absolute atomic E-state index is 0.201. The smallest absolute Gasteiger partial charge is 0.232 e. The molecular weight excluding hydrogens is 403 g/mol. The normalized spacial score (nSPS) is 13.6. The summed E-state index contributed by atoms with van der Waals surface area (Å²) in [5, 5.41) is 9.62. The minimum atomic E-state index is -3.33. The molecule has 0 saturated heterocycles. The lowest BCUT2D eigenvalue weighted by atomic mass is 9.98. The van der Waals surface area contributed by atoms with Gasteiger partial charge in [0.25, 0.3) is 0 Å². The molecule has 0 radical (unpaired) electrons. The van der Waals surface area contributed by atoms with Crippen LogP contribution in [0.15, 0.2) is 59.5 Å². The molecule has 1 fully saturated rings. The van der Waals surface area contributed by atoms with Gasteiger partial charge in [0.15, 0.2) is 9.84 Å². The third-order valence-electron chi connectivity index (χ3n) is 4.97. The Morgan fingerprint density at radius 2 is 1.73 bits per heavy atom. The van der Waals surface area contributed by atoms with Crippen LogP contribution in [0.25, 0.3) is 22.4 Å². The Labute approximate surface area is 174 Å². The van der Waals surface area contributed by atoms with Gasteiger partial charge in [-0.3, -0.25) is 0 Å². The number of rotatable bonds is 6. The van der Waals surface area contributed by atoms with Gasteiger partial charge >= 0.3 is 0 Å². The predicted molar refractivity (Wildman–Crippen MR) is 111 cm³/mol. The van der Waals surface area contributed by atoms with Crippen LogP contribution in [-0.2, 0) is 9.84 Å². The molecule has 30 heavy (non-hydrogen) atoms. The molecule has 0 amide bonds. The first-order valence-corrected chi connectivity index (χ1v) is 11.4. The zero-order valence-corrected chi connectivity index (χ0v) is 17.1. The quantitative estimate of drug-likeness (QED) is 0.579. The molecule has 7 heteroatoms. The van der Waals surface area contributed by atoms with Crippen molar-refractivity contribution in [3.05, 3.63) is 66.0 Å². The predicted octanol–water partition coefficient (Wildman–Crippen LogP) is 4.62. The molecule has 0 N–H and O–H groups in total. The summed E-state index contributed by atoms with van der Waals surface area (Å²) in [6.45, 7) is 0.507. The molecule has 0 aliphatic heterocycles. The van der Waals surface area contributed by atoms with Gasteiger partial charge in [-0.15, -0.1) is 0 Å². The highest BCUT2D eigenvalue weighted by atomic mass is 32.2. The van der Waals surface area contributed by atoms with Crippen LogP contribution < -0.4 is 4.74 Å². The number of hydrogen-bond donors (Lipinski definition) is 0. The van der Waals surface area contributed by atoms with Crippen molar-refractivity contribution in [2.75, 3.05) is 12.9 Å². The van der Waals surface area contributed by atoms with E-state index in [2.05, 4.69) is 11.1 Å². The highest BCUT2D eigenvalue weighted by molar-refractivity contribution is 7.90. The minimum Gasteiger partial charge on any atom is -0.476 e. The molecule has 0 atom stereocenters. The fourth-order valence-electron chi connectivity index (χ4n) is 3.10. The average Bonchev–Trinajstić information content (AvgIpc) is 3.56. The SMILES string of the molecule is CS(=O)(=O)c1ccc(-c2cc(C#N)c(OCC3CC3)nc2-c2ccc(F)cc2)cc1. The topological polar surface area (TPSA) is 80.0 Å². The van der Waals surface area contributed by atoms with E-state index in [0.717, 1.165) is 19.1 Å². The van der Waals surface area contributed by atoms with E-state index in [4.69, 9.17) is 4.74 Å². The van der Waals surface area contributed by atoms with Gasteiger partial charge in [0.05, 0.1) is 17.2 Å². The number of nitrogens with zero attached hydrogens (tertiary/aromatic N) is 2. The van der Waals surface area contributed by atoms with E-state index >= 15 is 0 Å². The van der Waals surface area contributed by atoms with E-state index in [1.54, 1.807) is 30.3 Å². The molecule has 1 heterocycles. The van der Waals surface area contributed by atoms with Gasteiger partial charge in [0.1, 0.15) is 17.4 Å². The van der Waals surface area contributed by atoms with E-state index < -0.39 is 9.84 Å². The summed E-state index contributed by atoms with van der Waals surface area (Å²) in [6.07, 6.45) is 3.36. The molecular formula is C23H19FN2O3S. The Balaban J connectivity index is 1.84. The fourth-order valence-corrected chi connectivity index (χ4v) is 3.73. The highest BCUT2D eigenvalue weighted by Gasteiger charge is 2.24. The Kier molecular flexibility index (Phi) is 5.27. The highest BCUT2D eigenvalue weighted by Crippen LogP contribution is 2.36. The number of aromatic nitrogens is 1. The average molecular weight is 422 g/mol. The van der Waals surface area contributed by atoms with E-state index in [0.29, 0.717) is 40.5 Å². The second-order valence-electron chi connectivity index (χ2n) is 7.41. The summed E-state index contributed by atoms with van der Waals surface area (Å²) >= 11 is 0. The molecule has 0 unspecified atom stereocenters. The Hall–Kier alpha value is -3.24. The van der Waals surface area contributed by atoms with Crippen molar-refractivity contribution >= 4 is 9.84 Å². The van der Waals surface area contributed by atoms with E-state index in [9.17, 15) is 18.1 Å². The van der Waals surface area contributed by atoms with Gasteiger partial charge in [0.2, 0.25) is 5.88 Å². The van der Waals surface area contributed by atoms with Crippen LogP contribution >= 0.6 is 0 Å².